The van der Waals surface area contributed by atoms with Crippen molar-refractivity contribution >= 4 is 52.4 Å². The molecule has 0 fully saturated rings. The van der Waals surface area contributed by atoms with Gasteiger partial charge < -0.3 is 14.7 Å². The molecule has 148 valence electrons. The van der Waals surface area contributed by atoms with Crippen molar-refractivity contribution in [2.75, 3.05) is 7.11 Å². The number of hydrogen-bond donors (Lipinski definition) is 2. The van der Waals surface area contributed by atoms with E-state index in [-0.39, 0.29) is 6.10 Å². The number of fused-ring (bicyclic) bond motifs is 8. The highest BCUT2D eigenvalue weighted by atomic mass is 16.5. The van der Waals surface area contributed by atoms with Crippen LogP contribution in [0.4, 0.5) is 0 Å². The first-order valence-corrected chi connectivity index (χ1v) is 9.81. The fraction of sp³-hybridized carbons (Fsp3) is 0.120. The number of aromatic amines is 2. The van der Waals surface area contributed by atoms with Crippen LogP contribution >= 0.6 is 0 Å². The molecule has 0 aromatic carbocycles. The van der Waals surface area contributed by atoms with Crippen LogP contribution in [0, 0.1) is 0 Å². The van der Waals surface area contributed by atoms with Crippen molar-refractivity contribution in [1.29, 1.82) is 0 Å². The number of H-pyrrole nitrogens is 2. The SMILES string of the molecule is [2H]c1c(C(C)OC)c2cc3cc(C=C)c(cc4nc(cc5nc(cc1[nH]2)C=C5)C=C4)[nH]3. The van der Waals surface area contributed by atoms with Gasteiger partial charge in [0.25, 0.3) is 0 Å². The van der Waals surface area contributed by atoms with Gasteiger partial charge in [0, 0.05) is 34.7 Å². The van der Waals surface area contributed by atoms with E-state index in [2.05, 4.69) is 26.5 Å². The molecule has 0 saturated heterocycles. The van der Waals surface area contributed by atoms with Crippen LogP contribution in [-0.2, 0) is 4.74 Å². The Kier molecular flexibility index (Phi) is 4.17. The number of hydrogen-bond acceptors (Lipinski definition) is 3. The summed E-state index contributed by atoms with van der Waals surface area (Å²) in [5, 5.41) is 0. The summed E-state index contributed by atoms with van der Waals surface area (Å²) in [6.07, 6.45) is 9.44. The summed E-state index contributed by atoms with van der Waals surface area (Å²) in [5.41, 5.74) is 8.45. The Morgan fingerprint density at radius 2 is 1.53 bits per heavy atom. The van der Waals surface area contributed by atoms with Crippen molar-refractivity contribution < 1.29 is 6.11 Å². The predicted molar refractivity (Wildman–Crippen MR) is 124 cm³/mol. The molecule has 8 bridgehead atoms. The zero-order chi connectivity index (χ0) is 21.5. The van der Waals surface area contributed by atoms with Gasteiger partial charge in [-0.25, -0.2) is 9.97 Å². The minimum atomic E-state index is -0.234. The summed E-state index contributed by atoms with van der Waals surface area (Å²) in [7, 11) is 1.65. The molecule has 1 atom stereocenters. The molecule has 3 aromatic heterocycles. The van der Waals surface area contributed by atoms with Gasteiger partial charge in [-0.3, -0.25) is 0 Å². The first-order chi connectivity index (χ1) is 15.0. The molecule has 5 heteroatoms. The van der Waals surface area contributed by atoms with Gasteiger partial charge in [0.05, 0.1) is 30.3 Å². The van der Waals surface area contributed by atoms with Crippen LogP contribution in [0.5, 0.6) is 0 Å². The van der Waals surface area contributed by atoms with Crippen LogP contribution in [0.2, 0.25) is 0 Å². The van der Waals surface area contributed by atoms with Crippen molar-refractivity contribution in [1.82, 2.24) is 19.9 Å². The summed E-state index contributed by atoms with van der Waals surface area (Å²) >= 11 is 0. The third-order valence-corrected chi connectivity index (χ3v) is 5.26. The highest BCUT2D eigenvalue weighted by Crippen LogP contribution is 2.25. The highest BCUT2D eigenvalue weighted by Gasteiger charge is 2.10. The van der Waals surface area contributed by atoms with E-state index in [0.717, 1.165) is 50.5 Å². The minimum Gasteiger partial charge on any atom is -0.377 e. The summed E-state index contributed by atoms with van der Waals surface area (Å²) in [5.74, 6) is 0. The normalized spacial score (nSPS) is 14.0. The molecule has 5 heterocycles. The standard InChI is InChI=1S/C25H22N4O/c1-4-16-9-21-14-25-23(15(2)30-3)12-22(29-25)11-19-6-5-17(26-19)10-18-7-8-20(27-18)13-24(16)28-21/h4-15,28-29H,1H2,2-3H3/i12D. The lowest BCUT2D eigenvalue weighted by Crippen LogP contribution is -1.93. The van der Waals surface area contributed by atoms with E-state index in [1.807, 2.05) is 67.6 Å². The molecule has 30 heavy (non-hydrogen) atoms. The van der Waals surface area contributed by atoms with Crippen molar-refractivity contribution in [2.45, 2.75) is 13.0 Å². The topological polar surface area (TPSA) is 66.6 Å². The van der Waals surface area contributed by atoms with Crippen molar-refractivity contribution in [3.63, 3.8) is 0 Å². The van der Waals surface area contributed by atoms with Crippen LogP contribution in [0.15, 0.2) is 43.0 Å². The molecule has 0 radical (unpaired) electrons. The summed E-state index contributed by atoms with van der Waals surface area (Å²) in [6.45, 7) is 5.89. The Balaban J connectivity index is 1.91. The van der Waals surface area contributed by atoms with E-state index < -0.39 is 0 Å². The lowest BCUT2D eigenvalue weighted by atomic mass is 10.1. The second kappa shape index (κ2) is 7.28. The fourth-order valence-electron chi connectivity index (χ4n) is 3.67. The first kappa shape index (κ1) is 17.2. The lowest BCUT2D eigenvalue weighted by molar-refractivity contribution is 0.121. The van der Waals surface area contributed by atoms with Gasteiger partial charge in [-0.2, -0.15) is 0 Å². The van der Waals surface area contributed by atoms with E-state index in [0.29, 0.717) is 11.6 Å². The molecular weight excluding hydrogens is 372 g/mol. The Bertz CT molecular complexity index is 1420. The number of nitrogens with one attached hydrogen (secondary N) is 2. The number of rotatable bonds is 3. The van der Waals surface area contributed by atoms with Gasteiger partial charge in [0.2, 0.25) is 0 Å². The maximum atomic E-state index is 8.74. The van der Waals surface area contributed by atoms with Crippen LogP contribution in [0.1, 0.15) is 48.3 Å². The molecule has 0 amide bonds. The van der Waals surface area contributed by atoms with Crippen molar-refractivity contribution in [3.05, 3.63) is 76.9 Å². The number of ether oxygens (including phenoxy) is 1. The quantitative estimate of drug-likeness (QED) is 0.393. The third kappa shape index (κ3) is 3.40. The molecule has 1 unspecified atom stereocenters. The molecule has 2 aliphatic rings. The molecular formula is C25H22N4O. The van der Waals surface area contributed by atoms with Crippen LogP contribution < -0.4 is 0 Å². The van der Waals surface area contributed by atoms with Gasteiger partial charge in [-0.1, -0.05) is 12.7 Å². The van der Waals surface area contributed by atoms with Gasteiger partial charge in [-0.15, -0.1) is 0 Å². The van der Waals surface area contributed by atoms with Crippen LogP contribution in [-0.4, -0.2) is 27.0 Å². The van der Waals surface area contributed by atoms with Gasteiger partial charge in [0.1, 0.15) is 0 Å². The van der Waals surface area contributed by atoms with Gasteiger partial charge in [0.15, 0.2) is 0 Å². The number of methoxy groups -OCH3 is 1. The van der Waals surface area contributed by atoms with Gasteiger partial charge >= 0.3 is 0 Å². The van der Waals surface area contributed by atoms with E-state index in [9.17, 15) is 0 Å². The Labute approximate surface area is 175 Å². The predicted octanol–water partition coefficient (Wildman–Crippen LogP) is 6.01. The van der Waals surface area contributed by atoms with Gasteiger partial charge in [-0.05, 0) is 73.2 Å². The molecule has 2 N–H and O–H groups in total. The van der Waals surface area contributed by atoms with E-state index in [1.54, 1.807) is 7.11 Å². The zero-order valence-corrected chi connectivity index (χ0v) is 16.9. The van der Waals surface area contributed by atoms with E-state index in [1.165, 1.54) is 0 Å². The molecule has 3 aromatic rings. The van der Waals surface area contributed by atoms with Crippen LogP contribution in [0.25, 0.3) is 52.4 Å². The highest BCUT2D eigenvalue weighted by molar-refractivity contribution is 5.81. The average Bonchev–Trinajstić information content (AvgIpc) is 3.52. The average molecular weight is 395 g/mol. The fourth-order valence-corrected chi connectivity index (χ4v) is 3.67. The smallest absolute Gasteiger partial charge is 0.0813 e. The maximum Gasteiger partial charge on any atom is 0.0813 e. The monoisotopic (exact) mass is 395 g/mol. The molecule has 2 aliphatic heterocycles. The summed E-state index contributed by atoms with van der Waals surface area (Å²) in [6, 6.07) is 10.3. The third-order valence-electron chi connectivity index (χ3n) is 5.26. The molecule has 5 nitrogen and oxygen atoms in total. The molecule has 0 spiro atoms. The largest absolute Gasteiger partial charge is 0.377 e. The Morgan fingerprint density at radius 3 is 2.20 bits per heavy atom. The lowest BCUT2D eigenvalue weighted by Gasteiger charge is -2.06. The number of nitrogens with zero attached hydrogens (tertiary/aromatic N) is 2. The minimum absolute atomic E-state index is 0.234. The Hall–Kier alpha value is -3.70. The second-order valence-corrected chi connectivity index (χ2v) is 7.33. The van der Waals surface area contributed by atoms with Crippen molar-refractivity contribution in [3.8, 4) is 0 Å². The van der Waals surface area contributed by atoms with Crippen molar-refractivity contribution in [2.24, 2.45) is 0 Å². The zero-order valence-electron chi connectivity index (χ0n) is 17.9. The molecule has 0 saturated carbocycles. The second-order valence-electron chi connectivity index (χ2n) is 7.33. The summed E-state index contributed by atoms with van der Waals surface area (Å²) < 4.78 is 14.3. The maximum absolute atomic E-state index is 8.74. The number of aromatic nitrogens is 4. The van der Waals surface area contributed by atoms with E-state index >= 15 is 0 Å². The summed E-state index contributed by atoms with van der Waals surface area (Å²) in [4.78, 5) is 16.2. The van der Waals surface area contributed by atoms with Crippen LogP contribution in [0.3, 0.4) is 0 Å². The first-order valence-electron chi connectivity index (χ1n) is 10.3. The van der Waals surface area contributed by atoms with E-state index in [4.69, 9.17) is 6.11 Å². The molecule has 5 rings (SSSR count). The Morgan fingerprint density at radius 1 is 0.900 bits per heavy atom. The molecule has 0 aliphatic carbocycles.